The topological polar surface area (TPSA) is 99.8 Å². The Morgan fingerprint density at radius 2 is 2.33 bits per heavy atom. The van der Waals surface area contributed by atoms with E-state index in [9.17, 15) is 4.79 Å². The number of rotatable bonds is 4. The summed E-state index contributed by atoms with van der Waals surface area (Å²) in [7, 11) is 0. The largest absolute Gasteiger partial charge is 0.379 e. The average molecular weight is 325 g/mol. The normalized spacial score (nSPS) is 17.1. The summed E-state index contributed by atoms with van der Waals surface area (Å²) in [4.78, 5) is 12.4. The number of nitrogens with zero attached hydrogens (tertiary/aromatic N) is 6. The fraction of sp³-hybridized carbons (Fsp3) is 0.267. The summed E-state index contributed by atoms with van der Waals surface area (Å²) in [5, 5.41) is 18.1. The zero-order chi connectivity index (χ0) is 16.4. The van der Waals surface area contributed by atoms with Crippen molar-refractivity contribution in [2.45, 2.75) is 12.5 Å². The molecule has 9 heteroatoms. The number of carbonyl (C=O) groups is 1. The lowest BCUT2D eigenvalue weighted by atomic mass is 10.2. The molecule has 4 rings (SSSR count). The SMILES string of the molecule is O=C(Nc1cnn([C@H]2CCOC2)c1)c1cccc(-n2cnnn2)c1. The molecule has 1 fully saturated rings. The maximum Gasteiger partial charge on any atom is 0.255 e. The number of aromatic nitrogens is 6. The van der Waals surface area contributed by atoms with Crippen LogP contribution in [0.2, 0.25) is 0 Å². The Balaban J connectivity index is 1.49. The van der Waals surface area contributed by atoms with Crippen molar-refractivity contribution in [2.24, 2.45) is 0 Å². The minimum Gasteiger partial charge on any atom is -0.379 e. The monoisotopic (exact) mass is 325 g/mol. The average Bonchev–Trinajstić information content (AvgIpc) is 3.36. The zero-order valence-electron chi connectivity index (χ0n) is 12.7. The van der Waals surface area contributed by atoms with Gasteiger partial charge in [0.1, 0.15) is 6.33 Å². The van der Waals surface area contributed by atoms with Crippen LogP contribution in [0.15, 0.2) is 43.0 Å². The number of carbonyl (C=O) groups excluding carboxylic acids is 1. The molecule has 2 aromatic heterocycles. The number of hydrogen-bond acceptors (Lipinski definition) is 6. The molecule has 0 bridgehead atoms. The molecule has 3 heterocycles. The van der Waals surface area contributed by atoms with Gasteiger partial charge in [-0.05, 0) is 35.0 Å². The van der Waals surface area contributed by atoms with Gasteiger partial charge in [-0.1, -0.05) is 6.07 Å². The van der Waals surface area contributed by atoms with Crippen molar-refractivity contribution in [3.05, 3.63) is 48.5 Å². The van der Waals surface area contributed by atoms with Crippen molar-refractivity contribution in [1.29, 1.82) is 0 Å². The Labute approximate surface area is 137 Å². The maximum atomic E-state index is 12.4. The molecular formula is C15H15N7O2. The molecule has 122 valence electrons. The van der Waals surface area contributed by atoms with Gasteiger partial charge in [0.2, 0.25) is 0 Å². The summed E-state index contributed by atoms with van der Waals surface area (Å²) >= 11 is 0. The molecule has 0 radical (unpaired) electrons. The summed E-state index contributed by atoms with van der Waals surface area (Å²) in [6, 6.07) is 7.30. The standard InChI is InChI=1S/C15H15N7O2/c23-15(11-2-1-3-13(6-11)22-10-16-19-20-22)18-12-7-17-21(8-12)14-4-5-24-9-14/h1-3,6-8,10,14H,4-5,9H2,(H,18,23)/t14-/m0/s1. The van der Waals surface area contributed by atoms with Crippen LogP contribution in [0.4, 0.5) is 5.69 Å². The first kappa shape index (κ1) is 14.5. The number of ether oxygens (including phenoxy) is 1. The molecule has 1 saturated heterocycles. The van der Waals surface area contributed by atoms with E-state index < -0.39 is 0 Å². The van der Waals surface area contributed by atoms with Gasteiger partial charge in [-0.2, -0.15) is 5.10 Å². The second-order valence-electron chi connectivity index (χ2n) is 5.49. The predicted molar refractivity (Wildman–Crippen MR) is 83.8 cm³/mol. The maximum absolute atomic E-state index is 12.4. The van der Waals surface area contributed by atoms with E-state index in [-0.39, 0.29) is 11.9 Å². The fourth-order valence-electron chi connectivity index (χ4n) is 2.61. The molecular weight excluding hydrogens is 310 g/mol. The quantitative estimate of drug-likeness (QED) is 0.770. The molecule has 24 heavy (non-hydrogen) atoms. The van der Waals surface area contributed by atoms with Gasteiger partial charge in [0, 0.05) is 18.4 Å². The molecule has 1 aliphatic heterocycles. The minimum absolute atomic E-state index is 0.216. The van der Waals surface area contributed by atoms with Crippen LogP contribution in [0, 0.1) is 0 Å². The third-order valence-electron chi connectivity index (χ3n) is 3.86. The molecule has 1 aliphatic rings. The second kappa shape index (κ2) is 6.20. The molecule has 3 aromatic rings. The number of benzene rings is 1. The van der Waals surface area contributed by atoms with Crippen LogP contribution < -0.4 is 5.32 Å². The highest BCUT2D eigenvalue weighted by atomic mass is 16.5. The third-order valence-corrected chi connectivity index (χ3v) is 3.86. The van der Waals surface area contributed by atoms with Gasteiger partial charge in [-0.15, -0.1) is 5.10 Å². The van der Waals surface area contributed by atoms with E-state index in [0.717, 1.165) is 13.0 Å². The van der Waals surface area contributed by atoms with Crippen LogP contribution in [0.5, 0.6) is 0 Å². The van der Waals surface area contributed by atoms with Gasteiger partial charge < -0.3 is 10.1 Å². The Morgan fingerprint density at radius 3 is 3.12 bits per heavy atom. The molecule has 0 unspecified atom stereocenters. The smallest absolute Gasteiger partial charge is 0.255 e. The van der Waals surface area contributed by atoms with Gasteiger partial charge in [-0.25, -0.2) is 4.68 Å². The molecule has 9 nitrogen and oxygen atoms in total. The summed E-state index contributed by atoms with van der Waals surface area (Å²) in [5.41, 5.74) is 1.88. The van der Waals surface area contributed by atoms with E-state index in [1.54, 1.807) is 24.4 Å². The van der Waals surface area contributed by atoms with E-state index in [0.29, 0.717) is 23.5 Å². The van der Waals surface area contributed by atoms with E-state index in [1.807, 2.05) is 16.9 Å². The number of amides is 1. The fourth-order valence-corrected chi connectivity index (χ4v) is 2.61. The summed E-state index contributed by atoms with van der Waals surface area (Å²) < 4.78 is 8.68. The molecule has 0 aliphatic carbocycles. The van der Waals surface area contributed by atoms with E-state index in [2.05, 4.69) is 25.9 Å². The zero-order valence-corrected chi connectivity index (χ0v) is 12.7. The predicted octanol–water partition coefficient (Wildman–Crippen LogP) is 1.07. The van der Waals surface area contributed by atoms with E-state index in [1.165, 1.54) is 11.0 Å². The molecule has 0 spiro atoms. The van der Waals surface area contributed by atoms with E-state index >= 15 is 0 Å². The van der Waals surface area contributed by atoms with Crippen LogP contribution in [0.25, 0.3) is 5.69 Å². The Kier molecular flexibility index (Phi) is 3.75. The third kappa shape index (κ3) is 2.88. The number of tetrazole rings is 1. The van der Waals surface area contributed by atoms with Crippen LogP contribution >= 0.6 is 0 Å². The summed E-state index contributed by atoms with van der Waals surface area (Å²) in [6.45, 7) is 1.40. The van der Waals surface area contributed by atoms with Crippen LogP contribution in [-0.4, -0.2) is 49.1 Å². The number of hydrogen-bond donors (Lipinski definition) is 1. The number of anilines is 1. The van der Waals surface area contributed by atoms with Crippen molar-refractivity contribution in [3.8, 4) is 5.69 Å². The van der Waals surface area contributed by atoms with Gasteiger partial charge in [0.15, 0.2) is 0 Å². The Morgan fingerprint density at radius 1 is 1.38 bits per heavy atom. The lowest BCUT2D eigenvalue weighted by molar-refractivity contribution is 0.102. The van der Waals surface area contributed by atoms with Crippen LogP contribution in [-0.2, 0) is 4.74 Å². The second-order valence-corrected chi connectivity index (χ2v) is 5.49. The van der Waals surface area contributed by atoms with Gasteiger partial charge >= 0.3 is 0 Å². The van der Waals surface area contributed by atoms with Crippen molar-refractivity contribution in [1.82, 2.24) is 30.0 Å². The lowest BCUT2D eigenvalue weighted by Gasteiger charge is -2.07. The lowest BCUT2D eigenvalue weighted by Crippen LogP contribution is -2.12. The van der Waals surface area contributed by atoms with Crippen molar-refractivity contribution in [3.63, 3.8) is 0 Å². The highest BCUT2D eigenvalue weighted by Gasteiger charge is 2.18. The molecule has 1 N–H and O–H groups in total. The van der Waals surface area contributed by atoms with Crippen molar-refractivity contribution in [2.75, 3.05) is 18.5 Å². The first-order chi connectivity index (χ1) is 11.8. The van der Waals surface area contributed by atoms with Gasteiger partial charge in [-0.3, -0.25) is 9.48 Å². The number of nitrogens with one attached hydrogen (secondary N) is 1. The minimum atomic E-state index is -0.216. The van der Waals surface area contributed by atoms with Gasteiger partial charge in [0.05, 0.1) is 30.2 Å². The molecule has 0 saturated carbocycles. The first-order valence-electron chi connectivity index (χ1n) is 7.56. The Hall–Kier alpha value is -3.07. The Bertz CT molecular complexity index is 837. The van der Waals surface area contributed by atoms with E-state index in [4.69, 9.17) is 4.74 Å². The molecule has 1 amide bonds. The van der Waals surface area contributed by atoms with Crippen molar-refractivity contribution < 1.29 is 9.53 Å². The van der Waals surface area contributed by atoms with Crippen LogP contribution in [0.3, 0.4) is 0 Å². The highest BCUT2D eigenvalue weighted by Crippen LogP contribution is 2.20. The van der Waals surface area contributed by atoms with Gasteiger partial charge in [0.25, 0.3) is 5.91 Å². The first-order valence-corrected chi connectivity index (χ1v) is 7.56. The highest BCUT2D eigenvalue weighted by molar-refractivity contribution is 6.04. The summed E-state index contributed by atoms with van der Waals surface area (Å²) in [5.74, 6) is -0.216. The summed E-state index contributed by atoms with van der Waals surface area (Å²) in [6.07, 6.45) is 5.87. The van der Waals surface area contributed by atoms with Crippen molar-refractivity contribution >= 4 is 11.6 Å². The van der Waals surface area contributed by atoms with Crippen LogP contribution in [0.1, 0.15) is 22.8 Å². The molecule has 1 atom stereocenters. The molecule has 1 aromatic carbocycles.